The van der Waals surface area contributed by atoms with Crippen molar-refractivity contribution in [3.8, 4) is 11.5 Å². The second-order valence-corrected chi connectivity index (χ2v) is 12.3. The van der Waals surface area contributed by atoms with E-state index in [1.165, 1.54) is 5.57 Å². The normalized spacial score (nSPS) is 21.9. The number of phenolic OH excluding ortho intramolecular Hbond substituents is 1. The minimum absolute atomic E-state index is 0.0301. The van der Waals surface area contributed by atoms with E-state index in [2.05, 4.69) is 26.5 Å². The highest BCUT2D eigenvalue weighted by Gasteiger charge is 2.56. The number of unbranched alkanes of at least 4 members (excludes halogenated alkanes) is 4. The van der Waals surface area contributed by atoms with E-state index in [1.807, 2.05) is 13.8 Å². The van der Waals surface area contributed by atoms with Crippen molar-refractivity contribution in [3.05, 3.63) is 47.1 Å². The van der Waals surface area contributed by atoms with Crippen molar-refractivity contribution in [3.63, 3.8) is 0 Å². The highest BCUT2D eigenvalue weighted by Crippen LogP contribution is 2.54. The number of benzene rings is 1. The Morgan fingerprint density at radius 3 is 2.53 bits per heavy atom. The highest BCUT2D eigenvalue weighted by atomic mass is 31.2. The minimum Gasteiger partial charge on any atom is -0.756 e. The van der Waals surface area contributed by atoms with Gasteiger partial charge in [-0.2, -0.15) is 0 Å². The molecule has 3 rings (SSSR count). The highest BCUT2D eigenvalue weighted by molar-refractivity contribution is 7.46. The van der Waals surface area contributed by atoms with E-state index in [9.17, 15) is 19.4 Å². The number of hydrogen-bond donors (Lipinski definition) is 1. The summed E-state index contributed by atoms with van der Waals surface area (Å²) in [5.74, 6) is -0.603. The molecule has 2 aliphatic carbocycles. The van der Waals surface area contributed by atoms with Gasteiger partial charge in [-0.25, -0.2) is 4.79 Å². The lowest BCUT2D eigenvalue weighted by Crippen LogP contribution is -2.32. The average Bonchev–Trinajstić information content (AvgIpc) is 3.61. The van der Waals surface area contributed by atoms with E-state index in [0.717, 1.165) is 56.1 Å². The molecular formula is C30H44O7P-. The molecule has 0 amide bonds. The van der Waals surface area contributed by atoms with Gasteiger partial charge in [0.25, 0.3) is 7.82 Å². The lowest BCUT2D eigenvalue weighted by molar-refractivity contribution is -0.232. The number of aryl methyl sites for hydroxylation is 1. The summed E-state index contributed by atoms with van der Waals surface area (Å²) < 4.78 is 28.7. The van der Waals surface area contributed by atoms with E-state index >= 15 is 0 Å². The van der Waals surface area contributed by atoms with Crippen molar-refractivity contribution in [2.75, 3.05) is 6.61 Å². The van der Waals surface area contributed by atoms with Crippen LogP contribution in [0.2, 0.25) is 0 Å². The maximum absolute atomic E-state index is 13.3. The summed E-state index contributed by atoms with van der Waals surface area (Å²) in [7, 11) is -4.69. The number of phosphoric acid groups is 1. The quantitative estimate of drug-likeness (QED) is 0.0809. The molecule has 1 aromatic rings. The van der Waals surface area contributed by atoms with Crippen LogP contribution in [0.4, 0.5) is 0 Å². The van der Waals surface area contributed by atoms with Crippen LogP contribution in [-0.4, -0.2) is 23.3 Å². The summed E-state index contributed by atoms with van der Waals surface area (Å²) in [6.45, 7) is 12.4. The molecule has 0 saturated heterocycles. The van der Waals surface area contributed by atoms with Gasteiger partial charge in [0.2, 0.25) is 0 Å². The van der Waals surface area contributed by atoms with Gasteiger partial charge in [0.1, 0.15) is 11.5 Å². The Morgan fingerprint density at radius 1 is 1.18 bits per heavy atom. The Bertz CT molecular complexity index is 1070. The Labute approximate surface area is 227 Å². The third-order valence-electron chi connectivity index (χ3n) is 7.49. The largest absolute Gasteiger partial charge is 0.756 e. The predicted molar refractivity (Wildman–Crippen MR) is 147 cm³/mol. The lowest BCUT2D eigenvalue weighted by atomic mass is 9.73. The molecule has 2 aliphatic rings. The molecule has 0 heterocycles. The van der Waals surface area contributed by atoms with Crippen molar-refractivity contribution in [2.45, 2.75) is 110 Å². The molecule has 0 aromatic heterocycles. The molecule has 212 valence electrons. The zero-order valence-corrected chi connectivity index (χ0v) is 24.3. The van der Waals surface area contributed by atoms with Crippen molar-refractivity contribution >= 4 is 13.8 Å². The molecule has 1 N–H and O–H groups in total. The smallest absolute Gasteiger partial charge is 0.344 e. The molecule has 8 heteroatoms. The van der Waals surface area contributed by atoms with Crippen LogP contribution in [0.3, 0.4) is 0 Å². The molecule has 1 saturated carbocycles. The number of carbonyl (C=O) groups excluding carboxylic acids is 1. The van der Waals surface area contributed by atoms with Crippen LogP contribution >= 0.6 is 7.82 Å². The molecule has 0 radical (unpaired) electrons. The predicted octanol–water partition coefficient (Wildman–Crippen LogP) is 7.27. The monoisotopic (exact) mass is 547 g/mol. The summed E-state index contributed by atoms with van der Waals surface area (Å²) in [5, 5.41) is 11.1. The van der Waals surface area contributed by atoms with Gasteiger partial charge in [-0.1, -0.05) is 69.8 Å². The zero-order chi connectivity index (χ0) is 27.9. The van der Waals surface area contributed by atoms with Gasteiger partial charge < -0.3 is 19.3 Å². The van der Waals surface area contributed by atoms with E-state index in [-0.39, 0.29) is 42.8 Å². The fourth-order valence-electron chi connectivity index (χ4n) is 5.19. The summed E-state index contributed by atoms with van der Waals surface area (Å²) >= 11 is 0. The zero-order valence-electron chi connectivity index (χ0n) is 23.4. The minimum atomic E-state index is -4.69. The van der Waals surface area contributed by atoms with Gasteiger partial charge in [-0.3, -0.25) is 9.09 Å². The summed E-state index contributed by atoms with van der Waals surface area (Å²) in [5.41, 5.74) is 1.97. The van der Waals surface area contributed by atoms with Crippen molar-refractivity contribution in [1.82, 2.24) is 0 Å². The van der Waals surface area contributed by atoms with Crippen molar-refractivity contribution < 1.29 is 33.1 Å². The molecule has 1 aromatic carbocycles. The van der Waals surface area contributed by atoms with Crippen molar-refractivity contribution in [2.24, 2.45) is 5.92 Å². The molecule has 7 nitrogen and oxygen atoms in total. The second kappa shape index (κ2) is 13.4. The molecular weight excluding hydrogens is 503 g/mol. The first-order valence-electron chi connectivity index (χ1n) is 14.1. The Kier molecular flexibility index (Phi) is 10.8. The maximum atomic E-state index is 13.3. The number of carbonyl (C=O) groups is 1. The molecule has 0 bridgehead atoms. The molecule has 1 fully saturated rings. The van der Waals surface area contributed by atoms with Crippen LogP contribution in [0, 0.1) is 5.92 Å². The fraction of sp³-hybridized carbons (Fsp3) is 0.633. The summed E-state index contributed by atoms with van der Waals surface area (Å²) in [4.78, 5) is 25.9. The van der Waals surface area contributed by atoms with E-state index < -0.39 is 19.4 Å². The number of phenols is 1. The molecule has 1 unspecified atom stereocenters. The Balaban J connectivity index is 1.81. The van der Waals surface area contributed by atoms with Crippen molar-refractivity contribution in [1.29, 1.82) is 0 Å². The molecule has 38 heavy (non-hydrogen) atoms. The molecule has 0 aliphatic heterocycles. The standard InChI is InChI=1S/C30H45O7P/c1-6-8-9-10-11-17-35-38(33,34)37-30(15-16-30)29(32)36-27-20-23(12-7-2)19-26(31)28(27)25-18-22(5)13-14-24(25)21(3)4/h18-20,24-25,31H,3,6-17H2,1-2,4-5H3,(H,33,34)/p-1/t24-,25+/m0/s1. The Morgan fingerprint density at radius 2 is 1.89 bits per heavy atom. The van der Waals surface area contributed by atoms with Gasteiger partial charge in [-0.05, 0) is 76.0 Å². The number of ether oxygens (including phenoxy) is 1. The van der Waals surface area contributed by atoms with Gasteiger partial charge in [0.15, 0.2) is 5.60 Å². The fourth-order valence-corrected chi connectivity index (χ4v) is 6.28. The van der Waals surface area contributed by atoms with Gasteiger partial charge >= 0.3 is 5.97 Å². The van der Waals surface area contributed by atoms with E-state index in [1.54, 1.807) is 12.1 Å². The van der Waals surface area contributed by atoms with Gasteiger partial charge in [0.05, 0.1) is 6.61 Å². The van der Waals surface area contributed by atoms with Crippen LogP contribution in [0.5, 0.6) is 11.5 Å². The summed E-state index contributed by atoms with van der Waals surface area (Å²) in [6.07, 6.45) is 10.6. The number of phosphoric ester groups is 1. The first kappa shape index (κ1) is 30.6. The SMILES string of the molecule is C=C(C)[C@@H]1CCC(C)=C[C@H]1c1c(O)cc(CCC)cc1OC(=O)C1(OP(=O)([O-])OCCCCCCC)CC1. The number of aromatic hydroxyl groups is 1. The number of allylic oxidation sites excluding steroid dienone is 3. The number of esters is 1. The number of hydrogen-bond acceptors (Lipinski definition) is 7. The van der Waals surface area contributed by atoms with Gasteiger partial charge in [-0.15, -0.1) is 0 Å². The van der Waals surface area contributed by atoms with E-state index in [4.69, 9.17) is 13.8 Å². The maximum Gasteiger partial charge on any atom is 0.344 e. The Hall–Kier alpha value is -1.92. The van der Waals surface area contributed by atoms with Crippen LogP contribution in [0.25, 0.3) is 0 Å². The number of rotatable bonds is 15. The van der Waals surface area contributed by atoms with Crippen LogP contribution in [0.15, 0.2) is 35.9 Å². The summed E-state index contributed by atoms with van der Waals surface area (Å²) in [6, 6.07) is 3.51. The van der Waals surface area contributed by atoms with Crippen LogP contribution < -0.4 is 9.63 Å². The second-order valence-electron chi connectivity index (χ2n) is 11.0. The van der Waals surface area contributed by atoms with Gasteiger partial charge in [0, 0.05) is 11.5 Å². The molecule has 3 atom stereocenters. The molecule has 0 spiro atoms. The third-order valence-corrected chi connectivity index (χ3v) is 8.57. The average molecular weight is 548 g/mol. The van der Waals surface area contributed by atoms with Crippen LogP contribution in [-0.2, 0) is 24.8 Å². The van der Waals surface area contributed by atoms with Crippen LogP contribution in [0.1, 0.15) is 109 Å². The third kappa shape index (κ3) is 8.05. The lowest BCUT2D eigenvalue weighted by Gasteiger charge is -2.32. The topological polar surface area (TPSA) is 105 Å². The first-order valence-corrected chi connectivity index (χ1v) is 15.5. The first-order chi connectivity index (χ1) is 18.0. The van der Waals surface area contributed by atoms with E-state index in [0.29, 0.717) is 18.4 Å².